The lowest BCUT2D eigenvalue weighted by Crippen LogP contribution is -2.37. The number of nitrogens with zero attached hydrogens (tertiary/aromatic N) is 5. The Kier molecular flexibility index (Phi) is 5.04. The highest BCUT2D eigenvalue weighted by Gasteiger charge is 2.21. The van der Waals surface area contributed by atoms with Crippen molar-refractivity contribution in [1.29, 1.82) is 0 Å². The number of likely N-dealkylation sites (N-methyl/N-ethyl adjacent to an activating group) is 1. The predicted octanol–water partition coefficient (Wildman–Crippen LogP) is -0.132. The van der Waals surface area contributed by atoms with Crippen molar-refractivity contribution in [3.63, 3.8) is 0 Å². The molecule has 1 saturated heterocycles. The fourth-order valence-corrected chi connectivity index (χ4v) is 3.30. The molecule has 7 heteroatoms. The van der Waals surface area contributed by atoms with Crippen molar-refractivity contribution >= 4 is 5.91 Å². The summed E-state index contributed by atoms with van der Waals surface area (Å²) in [6.45, 7) is 6.35. The van der Waals surface area contributed by atoms with Crippen LogP contribution in [0.2, 0.25) is 0 Å². The molecule has 7 nitrogen and oxygen atoms in total. The van der Waals surface area contributed by atoms with Gasteiger partial charge in [0.25, 0.3) is 0 Å². The molecule has 2 aliphatic rings. The van der Waals surface area contributed by atoms with Crippen LogP contribution in [-0.2, 0) is 24.3 Å². The topological polar surface area (TPSA) is 66.3 Å². The Morgan fingerprint density at radius 1 is 1.05 bits per heavy atom. The minimum absolute atomic E-state index is 0.0752. The molecule has 0 radical (unpaired) electrons. The summed E-state index contributed by atoms with van der Waals surface area (Å²) in [4.78, 5) is 16.2. The average Bonchev–Trinajstić information content (AvgIpc) is 2.81. The number of likely N-dealkylation sites (tertiary alicyclic amines) is 1. The lowest BCUT2D eigenvalue weighted by Gasteiger charge is -2.26. The van der Waals surface area contributed by atoms with E-state index in [1.54, 1.807) is 7.05 Å². The van der Waals surface area contributed by atoms with Gasteiger partial charge in [0.2, 0.25) is 5.91 Å². The molecule has 2 aliphatic heterocycles. The highest BCUT2D eigenvalue weighted by Crippen LogP contribution is 2.14. The third-order valence-corrected chi connectivity index (χ3v) is 4.66. The van der Waals surface area contributed by atoms with Gasteiger partial charge < -0.3 is 9.88 Å². The SMILES string of the molecule is CNC(=O)CN1CCc2nnc(CN3CCCCC3)n2CC1. The first-order chi connectivity index (χ1) is 10.8. The third kappa shape index (κ3) is 3.64. The molecule has 1 N–H and O–H groups in total. The number of piperidine rings is 1. The number of carbonyl (C=O) groups excluding carboxylic acids is 1. The normalized spacial score (nSPS) is 20.4. The van der Waals surface area contributed by atoms with Gasteiger partial charge in [0.1, 0.15) is 11.6 Å². The van der Waals surface area contributed by atoms with E-state index in [9.17, 15) is 4.79 Å². The molecule has 0 unspecified atom stereocenters. The summed E-state index contributed by atoms with van der Waals surface area (Å²) in [6.07, 6.45) is 4.80. The number of aromatic nitrogens is 3. The van der Waals surface area contributed by atoms with Crippen LogP contribution in [0.1, 0.15) is 30.9 Å². The quantitative estimate of drug-likeness (QED) is 0.839. The number of carbonyl (C=O) groups is 1. The van der Waals surface area contributed by atoms with Gasteiger partial charge in [-0.05, 0) is 25.9 Å². The molecule has 22 heavy (non-hydrogen) atoms. The van der Waals surface area contributed by atoms with Gasteiger partial charge in [0, 0.05) is 33.1 Å². The Hall–Kier alpha value is -1.47. The zero-order chi connectivity index (χ0) is 15.4. The van der Waals surface area contributed by atoms with Crippen LogP contribution in [0.25, 0.3) is 0 Å². The maximum absolute atomic E-state index is 11.5. The molecule has 3 rings (SSSR count). The lowest BCUT2D eigenvalue weighted by atomic mass is 10.1. The number of amides is 1. The molecule has 1 aromatic heterocycles. The summed E-state index contributed by atoms with van der Waals surface area (Å²) in [5.74, 6) is 2.22. The molecule has 122 valence electrons. The maximum Gasteiger partial charge on any atom is 0.233 e. The van der Waals surface area contributed by atoms with Gasteiger partial charge in [0.15, 0.2) is 0 Å². The number of nitrogens with one attached hydrogen (secondary N) is 1. The fourth-order valence-electron chi connectivity index (χ4n) is 3.30. The standard InChI is InChI=1S/C15H26N6O/c1-16-15(22)12-20-8-5-13-17-18-14(21(13)10-9-20)11-19-6-3-2-4-7-19/h2-12H2,1H3,(H,16,22). The van der Waals surface area contributed by atoms with Crippen molar-refractivity contribution in [3.8, 4) is 0 Å². The van der Waals surface area contributed by atoms with Crippen molar-refractivity contribution in [2.75, 3.05) is 39.8 Å². The summed E-state index contributed by atoms with van der Waals surface area (Å²) in [6, 6.07) is 0. The van der Waals surface area contributed by atoms with Crippen LogP contribution < -0.4 is 5.32 Å². The van der Waals surface area contributed by atoms with Gasteiger partial charge in [-0.2, -0.15) is 0 Å². The van der Waals surface area contributed by atoms with Crippen LogP contribution in [0, 0.1) is 0 Å². The van der Waals surface area contributed by atoms with E-state index in [1.807, 2.05) is 0 Å². The maximum atomic E-state index is 11.5. The summed E-state index contributed by atoms with van der Waals surface area (Å²) in [7, 11) is 1.69. The highest BCUT2D eigenvalue weighted by atomic mass is 16.1. The summed E-state index contributed by atoms with van der Waals surface area (Å²) >= 11 is 0. The van der Waals surface area contributed by atoms with Crippen LogP contribution in [0.3, 0.4) is 0 Å². The molecule has 0 atom stereocenters. The summed E-state index contributed by atoms with van der Waals surface area (Å²) in [5, 5.41) is 11.5. The molecule has 1 fully saturated rings. The monoisotopic (exact) mass is 306 g/mol. The molecular weight excluding hydrogens is 280 g/mol. The Morgan fingerprint density at radius 2 is 1.86 bits per heavy atom. The van der Waals surface area contributed by atoms with Gasteiger partial charge in [0.05, 0.1) is 13.1 Å². The van der Waals surface area contributed by atoms with Gasteiger partial charge in [-0.1, -0.05) is 6.42 Å². The molecule has 0 bridgehead atoms. The summed E-state index contributed by atoms with van der Waals surface area (Å²) in [5.41, 5.74) is 0. The first kappa shape index (κ1) is 15.4. The van der Waals surface area contributed by atoms with Crippen molar-refractivity contribution in [2.24, 2.45) is 0 Å². The molecule has 0 saturated carbocycles. The Labute approximate surface area is 131 Å². The van der Waals surface area contributed by atoms with Crippen LogP contribution in [0.4, 0.5) is 0 Å². The molecule has 1 amide bonds. The van der Waals surface area contributed by atoms with E-state index in [2.05, 4.69) is 29.9 Å². The highest BCUT2D eigenvalue weighted by molar-refractivity contribution is 5.77. The first-order valence-corrected chi connectivity index (χ1v) is 8.32. The number of hydrogen-bond donors (Lipinski definition) is 1. The second kappa shape index (κ2) is 7.19. The molecule has 1 aromatic rings. The van der Waals surface area contributed by atoms with Crippen LogP contribution in [0.15, 0.2) is 0 Å². The summed E-state index contributed by atoms with van der Waals surface area (Å²) < 4.78 is 2.26. The Bertz CT molecular complexity index is 508. The van der Waals surface area contributed by atoms with Gasteiger partial charge in [-0.15, -0.1) is 10.2 Å². The average molecular weight is 306 g/mol. The van der Waals surface area contributed by atoms with Crippen molar-refractivity contribution in [3.05, 3.63) is 11.6 Å². The second-order valence-electron chi connectivity index (χ2n) is 6.22. The lowest BCUT2D eigenvalue weighted by molar-refractivity contribution is -0.121. The fraction of sp³-hybridized carbons (Fsp3) is 0.800. The van der Waals surface area contributed by atoms with E-state index in [-0.39, 0.29) is 5.91 Å². The van der Waals surface area contributed by atoms with E-state index >= 15 is 0 Å². The molecular formula is C15H26N6O. The minimum atomic E-state index is 0.0752. The largest absolute Gasteiger partial charge is 0.358 e. The zero-order valence-corrected chi connectivity index (χ0v) is 13.4. The van der Waals surface area contributed by atoms with E-state index < -0.39 is 0 Å². The third-order valence-electron chi connectivity index (χ3n) is 4.66. The second-order valence-corrected chi connectivity index (χ2v) is 6.22. The van der Waals surface area contributed by atoms with Crippen LogP contribution in [-0.4, -0.2) is 70.2 Å². The predicted molar refractivity (Wildman–Crippen MR) is 83.4 cm³/mol. The number of hydrogen-bond acceptors (Lipinski definition) is 5. The van der Waals surface area contributed by atoms with Gasteiger partial charge in [-0.25, -0.2) is 0 Å². The molecule has 3 heterocycles. The molecule has 0 aromatic carbocycles. The van der Waals surface area contributed by atoms with Crippen LogP contribution >= 0.6 is 0 Å². The van der Waals surface area contributed by atoms with Crippen molar-refractivity contribution in [1.82, 2.24) is 29.9 Å². The van der Waals surface area contributed by atoms with E-state index in [1.165, 1.54) is 32.4 Å². The Morgan fingerprint density at radius 3 is 2.64 bits per heavy atom. The molecule has 0 spiro atoms. The van der Waals surface area contributed by atoms with Gasteiger partial charge in [-0.3, -0.25) is 14.6 Å². The number of fused-ring (bicyclic) bond motifs is 1. The van der Waals surface area contributed by atoms with E-state index in [0.29, 0.717) is 6.54 Å². The first-order valence-electron chi connectivity index (χ1n) is 8.32. The van der Waals surface area contributed by atoms with Gasteiger partial charge >= 0.3 is 0 Å². The Balaban J connectivity index is 1.62. The minimum Gasteiger partial charge on any atom is -0.358 e. The van der Waals surface area contributed by atoms with Crippen LogP contribution in [0.5, 0.6) is 0 Å². The zero-order valence-electron chi connectivity index (χ0n) is 13.4. The van der Waals surface area contributed by atoms with E-state index in [0.717, 1.165) is 44.2 Å². The number of rotatable bonds is 4. The molecule has 0 aliphatic carbocycles. The van der Waals surface area contributed by atoms with Crippen molar-refractivity contribution < 1.29 is 4.79 Å². The smallest absolute Gasteiger partial charge is 0.233 e. The van der Waals surface area contributed by atoms with Crippen molar-refractivity contribution in [2.45, 2.75) is 38.8 Å². The van der Waals surface area contributed by atoms with E-state index in [4.69, 9.17) is 0 Å².